The van der Waals surface area contributed by atoms with E-state index in [9.17, 15) is 17.6 Å². The molecule has 0 bridgehead atoms. The lowest BCUT2D eigenvalue weighted by Gasteiger charge is -2.34. The molecular formula is C23H27FN4O4S. The zero-order chi connectivity index (χ0) is 23.2. The number of halogens is 1. The Hall–Kier alpha value is -2.75. The number of hydrogen-bond acceptors (Lipinski definition) is 7. The molecule has 1 amide bonds. The van der Waals surface area contributed by atoms with E-state index in [0.717, 1.165) is 37.3 Å². The van der Waals surface area contributed by atoms with Gasteiger partial charge in [-0.15, -0.1) is 0 Å². The Bertz CT molecular complexity index is 1160. The van der Waals surface area contributed by atoms with Crippen molar-refractivity contribution < 1.29 is 22.3 Å². The highest BCUT2D eigenvalue weighted by atomic mass is 32.2. The van der Waals surface area contributed by atoms with Crippen molar-refractivity contribution in [2.24, 2.45) is 5.92 Å². The lowest BCUT2D eigenvalue weighted by Crippen LogP contribution is -2.36. The number of alkyl carbamates (subject to hydrolysis) is 1. The molecule has 1 aromatic heterocycles. The van der Waals surface area contributed by atoms with Crippen molar-refractivity contribution in [2.45, 2.75) is 67.1 Å². The number of rotatable bonds is 8. The minimum Gasteiger partial charge on any atom is -0.449 e. The smallest absolute Gasteiger partial charge is 0.407 e. The Morgan fingerprint density at radius 1 is 1.21 bits per heavy atom. The van der Waals surface area contributed by atoms with E-state index >= 15 is 0 Å². The number of carbonyl (C=O) groups is 1. The maximum absolute atomic E-state index is 14.5. The zero-order valence-corrected chi connectivity index (χ0v) is 19.2. The van der Waals surface area contributed by atoms with Crippen LogP contribution in [0.25, 0.3) is 0 Å². The first-order valence-corrected chi connectivity index (χ1v) is 12.8. The Kier molecular flexibility index (Phi) is 5.50. The van der Waals surface area contributed by atoms with E-state index in [1.165, 1.54) is 12.1 Å². The number of ether oxygens (including phenoxy) is 1. The zero-order valence-electron chi connectivity index (χ0n) is 18.4. The monoisotopic (exact) mass is 474 g/mol. The number of nitrogens with zero attached hydrogens (tertiary/aromatic N) is 2. The van der Waals surface area contributed by atoms with Gasteiger partial charge in [0.15, 0.2) is 9.84 Å². The van der Waals surface area contributed by atoms with E-state index in [0.29, 0.717) is 31.3 Å². The van der Waals surface area contributed by atoms with Crippen LogP contribution < -0.4 is 10.6 Å². The number of nitrogens with one attached hydrogen (secondary N) is 2. The topological polar surface area (TPSA) is 110 Å². The summed E-state index contributed by atoms with van der Waals surface area (Å²) in [4.78, 5) is 20.3. The van der Waals surface area contributed by atoms with E-state index in [1.54, 1.807) is 12.4 Å². The van der Waals surface area contributed by atoms with E-state index in [4.69, 9.17) is 4.74 Å². The summed E-state index contributed by atoms with van der Waals surface area (Å²) in [5.74, 6) is 0.205. The number of amides is 1. The SMILES string of the molecule is CC1(NC(=O)OCC2CC(c3cnc(Nc4ccc(S(=O)(=O)C5CC5)cc4F)nc3)C2)CC1. The molecule has 3 fully saturated rings. The van der Waals surface area contributed by atoms with Gasteiger partial charge in [-0.25, -0.2) is 27.6 Å². The fourth-order valence-corrected chi connectivity index (χ4v) is 5.68. The van der Waals surface area contributed by atoms with Gasteiger partial charge in [-0.2, -0.15) is 0 Å². The lowest BCUT2D eigenvalue weighted by atomic mass is 9.72. The average Bonchev–Trinajstić information content (AvgIpc) is 3.66. The predicted molar refractivity (Wildman–Crippen MR) is 120 cm³/mol. The predicted octanol–water partition coefficient (Wildman–Crippen LogP) is 4.07. The minimum atomic E-state index is -3.44. The van der Waals surface area contributed by atoms with Crippen LogP contribution >= 0.6 is 0 Å². The van der Waals surface area contributed by atoms with Gasteiger partial charge in [-0.3, -0.25) is 0 Å². The maximum Gasteiger partial charge on any atom is 0.407 e. The van der Waals surface area contributed by atoms with Crippen molar-refractivity contribution in [3.8, 4) is 0 Å². The molecule has 0 atom stereocenters. The van der Waals surface area contributed by atoms with Crippen LogP contribution in [0, 0.1) is 11.7 Å². The van der Waals surface area contributed by atoms with Crippen LogP contribution in [0.15, 0.2) is 35.5 Å². The van der Waals surface area contributed by atoms with Crippen molar-refractivity contribution in [3.05, 3.63) is 42.0 Å². The van der Waals surface area contributed by atoms with Crippen molar-refractivity contribution in [1.29, 1.82) is 0 Å². The van der Waals surface area contributed by atoms with Gasteiger partial charge in [-0.05, 0) is 81.0 Å². The Labute approximate surface area is 192 Å². The first kappa shape index (κ1) is 22.1. The van der Waals surface area contributed by atoms with Crippen LogP contribution in [0.1, 0.15) is 56.9 Å². The van der Waals surface area contributed by atoms with Crippen molar-refractivity contribution in [3.63, 3.8) is 0 Å². The normalized spacial score (nSPS) is 23.3. The highest BCUT2D eigenvalue weighted by molar-refractivity contribution is 7.92. The summed E-state index contributed by atoms with van der Waals surface area (Å²) < 4.78 is 44.3. The highest BCUT2D eigenvalue weighted by Gasteiger charge is 2.40. The summed E-state index contributed by atoms with van der Waals surface area (Å²) in [5, 5.41) is 5.30. The van der Waals surface area contributed by atoms with Gasteiger partial charge in [0.1, 0.15) is 5.82 Å². The molecule has 3 aliphatic carbocycles. The molecule has 0 saturated heterocycles. The fraction of sp³-hybridized carbons (Fsp3) is 0.522. The van der Waals surface area contributed by atoms with Crippen LogP contribution in [-0.2, 0) is 14.6 Å². The molecule has 176 valence electrons. The summed E-state index contributed by atoms with van der Waals surface area (Å²) in [6, 6.07) is 3.86. The lowest BCUT2D eigenvalue weighted by molar-refractivity contribution is 0.0918. The van der Waals surface area contributed by atoms with Gasteiger partial charge in [0.2, 0.25) is 5.95 Å². The summed E-state index contributed by atoms with van der Waals surface area (Å²) in [5.41, 5.74) is 1.03. The van der Waals surface area contributed by atoms with Crippen LogP contribution in [0.2, 0.25) is 0 Å². The van der Waals surface area contributed by atoms with Gasteiger partial charge in [-0.1, -0.05) is 0 Å². The van der Waals surface area contributed by atoms with Crippen molar-refractivity contribution >= 4 is 27.6 Å². The minimum absolute atomic E-state index is 0.00653. The Balaban J connectivity index is 1.11. The van der Waals surface area contributed by atoms with E-state index < -0.39 is 15.7 Å². The number of hydrogen-bond donors (Lipinski definition) is 2. The molecule has 3 saturated carbocycles. The third-order valence-electron chi connectivity index (χ3n) is 6.71. The van der Waals surface area contributed by atoms with E-state index in [-0.39, 0.29) is 33.4 Å². The van der Waals surface area contributed by atoms with Crippen LogP contribution in [0.5, 0.6) is 0 Å². The quantitative estimate of drug-likeness (QED) is 0.593. The summed E-state index contributed by atoms with van der Waals surface area (Å²) in [7, 11) is -3.44. The summed E-state index contributed by atoms with van der Waals surface area (Å²) >= 11 is 0. The highest BCUT2D eigenvalue weighted by Crippen LogP contribution is 2.41. The van der Waals surface area contributed by atoms with Crippen LogP contribution in [0.4, 0.5) is 20.8 Å². The number of benzene rings is 1. The molecule has 0 spiro atoms. The fourth-order valence-electron chi connectivity index (χ4n) is 4.01. The first-order valence-electron chi connectivity index (χ1n) is 11.3. The number of carbonyl (C=O) groups excluding carboxylic acids is 1. The number of anilines is 2. The molecule has 0 radical (unpaired) electrons. The molecule has 0 unspecified atom stereocenters. The molecule has 1 heterocycles. The van der Waals surface area contributed by atoms with Gasteiger partial charge < -0.3 is 15.4 Å². The second-order valence-corrected chi connectivity index (χ2v) is 11.9. The molecular weight excluding hydrogens is 447 g/mol. The van der Waals surface area contributed by atoms with Crippen molar-refractivity contribution in [2.75, 3.05) is 11.9 Å². The third kappa shape index (κ3) is 4.95. The number of sulfone groups is 1. The maximum atomic E-state index is 14.5. The first-order chi connectivity index (χ1) is 15.7. The van der Waals surface area contributed by atoms with E-state index in [2.05, 4.69) is 20.6 Å². The number of aromatic nitrogens is 2. The second kappa shape index (κ2) is 8.23. The summed E-state index contributed by atoms with van der Waals surface area (Å²) in [6.07, 6.45) is 8.13. The molecule has 2 N–H and O–H groups in total. The van der Waals surface area contributed by atoms with Gasteiger partial charge in [0.25, 0.3) is 0 Å². The largest absolute Gasteiger partial charge is 0.449 e. The van der Waals surface area contributed by atoms with Gasteiger partial charge in [0, 0.05) is 17.9 Å². The molecule has 10 heteroatoms. The van der Waals surface area contributed by atoms with Gasteiger partial charge in [0.05, 0.1) is 22.4 Å². The van der Waals surface area contributed by atoms with Gasteiger partial charge >= 0.3 is 6.09 Å². The molecule has 3 aliphatic rings. The van der Waals surface area contributed by atoms with E-state index in [1.807, 2.05) is 6.92 Å². The molecule has 33 heavy (non-hydrogen) atoms. The molecule has 1 aromatic carbocycles. The third-order valence-corrected chi connectivity index (χ3v) is 8.97. The molecule has 8 nitrogen and oxygen atoms in total. The standard InChI is InChI=1S/C23H27FN4O4S/c1-23(6-7-23)28-22(29)32-13-14-8-15(9-14)16-11-25-21(26-12-16)27-20-5-4-18(10-19(20)24)33(30,31)17-2-3-17/h4-5,10-12,14-15,17H,2-3,6-9,13H2,1H3,(H,28,29)(H,25,26,27). The van der Waals surface area contributed by atoms with Crippen LogP contribution in [-0.4, -0.2) is 41.9 Å². The van der Waals surface area contributed by atoms with Crippen LogP contribution in [0.3, 0.4) is 0 Å². The summed E-state index contributed by atoms with van der Waals surface area (Å²) in [6.45, 7) is 2.42. The Morgan fingerprint density at radius 3 is 2.52 bits per heavy atom. The second-order valence-electron chi connectivity index (χ2n) is 9.67. The Morgan fingerprint density at radius 2 is 1.91 bits per heavy atom. The average molecular weight is 475 g/mol. The molecule has 5 rings (SSSR count). The van der Waals surface area contributed by atoms with Crippen molar-refractivity contribution in [1.82, 2.24) is 15.3 Å². The molecule has 2 aromatic rings. The molecule has 0 aliphatic heterocycles.